The Balaban J connectivity index is 1.84. The van der Waals surface area contributed by atoms with E-state index in [-0.39, 0.29) is 5.78 Å². The third-order valence-electron chi connectivity index (χ3n) is 4.50. The zero-order chi connectivity index (χ0) is 18.5. The predicted molar refractivity (Wildman–Crippen MR) is 107 cm³/mol. The van der Waals surface area contributed by atoms with Gasteiger partial charge in [-0.15, -0.1) is 0 Å². The average Bonchev–Trinajstić information content (AvgIpc) is 2.66. The average molecular weight is 416 g/mol. The van der Waals surface area contributed by atoms with Gasteiger partial charge < -0.3 is 9.47 Å². The van der Waals surface area contributed by atoms with Crippen LogP contribution < -0.4 is 9.47 Å². The number of likely N-dealkylation sites (tertiary alicyclic amines) is 1. The molecule has 0 N–H and O–H groups in total. The third kappa shape index (κ3) is 4.17. The van der Waals surface area contributed by atoms with Gasteiger partial charge in [0.15, 0.2) is 17.3 Å². The SMILES string of the molecule is COc1ccc(/C=C2\CN(Cc3ccccc3)CCC2=O)c(Br)c1OC. The van der Waals surface area contributed by atoms with Crippen LogP contribution in [0.15, 0.2) is 52.5 Å². The minimum atomic E-state index is 0.205. The summed E-state index contributed by atoms with van der Waals surface area (Å²) in [4.78, 5) is 14.7. The fourth-order valence-corrected chi connectivity index (χ4v) is 3.74. The van der Waals surface area contributed by atoms with E-state index >= 15 is 0 Å². The molecule has 3 rings (SSSR count). The van der Waals surface area contributed by atoms with Gasteiger partial charge in [0.05, 0.1) is 18.7 Å². The number of ketones is 1. The minimum absolute atomic E-state index is 0.205. The Morgan fingerprint density at radius 2 is 1.88 bits per heavy atom. The number of hydrogen-bond donors (Lipinski definition) is 0. The van der Waals surface area contributed by atoms with Gasteiger partial charge in [-0.25, -0.2) is 0 Å². The lowest BCUT2D eigenvalue weighted by Gasteiger charge is -2.28. The highest BCUT2D eigenvalue weighted by molar-refractivity contribution is 9.10. The first-order valence-corrected chi connectivity index (χ1v) is 9.32. The monoisotopic (exact) mass is 415 g/mol. The summed E-state index contributed by atoms with van der Waals surface area (Å²) in [6.45, 7) is 2.28. The number of carbonyl (C=O) groups excluding carboxylic acids is 1. The highest BCUT2D eigenvalue weighted by atomic mass is 79.9. The van der Waals surface area contributed by atoms with Crippen molar-refractivity contribution in [2.75, 3.05) is 27.3 Å². The summed E-state index contributed by atoms with van der Waals surface area (Å²) < 4.78 is 11.5. The van der Waals surface area contributed by atoms with Crippen molar-refractivity contribution in [1.82, 2.24) is 4.90 Å². The predicted octanol–water partition coefficient (Wildman–Crippen LogP) is 4.32. The van der Waals surface area contributed by atoms with Crippen LogP contribution in [-0.4, -0.2) is 38.0 Å². The second kappa shape index (κ2) is 8.52. The number of nitrogens with zero attached hydrogens (tertiary/aromatic N) is 1. The standard InChI is InChI=1S/C21H22BrNO3/c1-25-19-9-8-16(20(22)21(19)26-2)12-17-14-23(11-10-18(17)24)13-15-6-4-3-5-7-15/h3-9,12H,10-11,13-14H2,1-2H3/b17-12+. The molecule has 0 radical (unpaired) electrons. The number of carbonyl (C=O) groups is 1. The van der Waals surface area contributed by atoms with Crippen molar-refractivity contribution in [3.05, 3.63) is 63.6 Å². The molecule has 5 heteroatoms. The molecule has 136 valence electrons. The van der Waals surface area contributed by atoms with Crippen molar-refractivity contribution in [3.63, 3.8) is 0 Å². The van der Waals surface area contributed by atoms with Crippen LogP contribution in [-0.2, 0) is 11.3 Å². The number of hydrogen-bond acceptors (Lipinski definition) is 4. The maximum Gasteiger partial charge on any atom is 0.175 e. The molecule has 0 spiro atoms. The zero-order valence-corrected chi connectivity index (χ0v) is 16.6. The summed E-state index contributed by atoms with van der Waals surface area (Å²) >= 11 is 3.57. The Kier molecular flexibility index (Phi) is 6.12. The summed E-state index contributed by atoms with van der Waals surface area (Å²) in [5.41, 5.74) is 2.99. The number of Topliss-reactive ketones (excluding diaryl/α,β-unsaturated/α-hetero) is 1. The van der Waals surface area contributed by atoms with Gasteiger partial charge in [0, 0.05) is 31.6 Å². The van der Waals surface area contributed by atoms with Gasteiger partial charge in [0.25, 0.3) is 0 Å². The molecule has 0 unspecified atom stereocenters. The van der Waals surface area contributed by atoms with Gasteiger partial charge in [0.1, 0.15) is 0 Å². The molecule has 1 aliphatic rings. The number of benzene rings is 2. The van der Waals surface area contributed by atoms with Crippen LogP contribution in [0, 0.1) is 0 Å². The van der Waals surface area contributed by atoms with Gasteiger partial charge >= 0.3 is 0 Å². The third-order valence-corrected chi connectivity index (χ3v) is 5.32. The molecule has 0 aliphatic carbocycles. The lowest BCUT2D eigenvalue weighted by molar-refractivity contribution is -0.117. The van der Waals surface area contributed by atoms with Crippen LogP contribution in [0.3, 0.4) is 0 Å². The topological polar surface area (TPSA) is 38.8 Å². The molecular formula is C21H22BrNO3. The Labute approximate surface area is 162 Å². The highest BCUT2D eigenvalue weighted by Gasteiger charge is 2.22. The zero-order valence-electron chi connectivity index (χ0n) is 15.0. The summed E-state index contributed by atoms with van der Waals surface area (Å²) in [6.07, 6.45) is 2.50. The Morgan fingerprint density at radius 1 is 1.12 bits per heavy atom. The van der Waals surface area contributed by atoms with Crippen molar-refractivity contribution < 1.29 is 14.3 Å². The summed E-state index contributed by atoms with van der Waals surface area (Å²) in [7, 11) is 3.21. The molecule has 0 bridgehead atoms. The highest BCUT2D eigenvalue weighted by Crippen LogP contribution is 2.38. The van der Waals surface area contributed by atoms with Gasteiger partial charge in [-0.1, -0.05) is 30.3 Å². The fourth-order valence-electron chi connectivity index (χ4n) is 3.13. The normalized spacial score (nSPS) is 16.7. The Morgan fingerprint density at radius 3 is 2.58 bits per heavy atom. The number of halogens is 1. The maximum absolute atomic E-state index is 12.4. The number of rotatable bonds is 5. The molecule has 0 amide bonds. The van der Waals surface area contributed by atoms with E-state index in [0.717, 1.165) is 28.7 Å². The van der Waals surface area contributed by atoms with Gasteiger partial charge in [-0.05, 0) is 45.3 Å². The Bertz CT molecular complexity index is 818. The minimum Gasteiger partial charge on any atom is -0.493 e. The van der Waals surface area contributed by atoms with E-state index in [2.05, 4.69) is 33.0 Å². The Hall–Kier alpha value is -2.11. The van der Waals surface area contributed by atoms with E-state index in [9.17, 15) is 4.79 Å². The summed E-state index contributed by atoms with van der Waals surface area (Å²) in [5, 5.41) is 0. The van der Waals surface area contributed by atoms with Crippen LogP contribution in [0.4, 0.5) is 0 Å². The van der Waals surface area contributed by atoms with Crippen LogP contribution >= 0.6 is 15.9 Å². The quantitative estimate of drug-likeness (QED) is 0.681. The first-order chi connectivity index (χ1) is 12.6. The van der Waals surface area contributed by atoms with Crippen LogP contribution in [0.2, 0.25) is 0 Å². The first kappa shape index (κ1) is 18.7. The van der Waals surface area contributed by atoms with E-state index in [1.807, 2.05) is 36.4 Å². The molecule has 26 heavy (non-hydrogen) atoms. The van der Waals surface area contributed by atoms with Gasteiger partial charge in [-0.3, -0.25) is 9.69 Å². The molecule has 1 saturated heterocycles. The molecule has 0 aromatic heterocycles. The van der Waals surface area contributed by atoms with E-state index in [1.165, 1.54) is 5.56 Å². The van der Waals surface area contributed by atoms with Crippen molar-refractivity contribution in [1.29, 1.82) is 0 Å². The van der Waals surface area contributed by atoms with Crippen molar-refractivity contribution in [3.8, 4) is 11.5 Å². The lowest BCUT2D eigenvalue weighted by Crippen LogP contribution is -2.35. The number of piperidine rings is 1. The molecule has 0 saturated carbocycles. The second-order valence-corrected chi connectivity index (χ2v) is 7.04. The van der Waals surface area contributed by atoms with E-state index in [0.29, 0.717) is 24.5 Å². The number of methoxy groups -OCH3 is 2. The summed E-state index contributed by atoms with van der Waals surface area (Å²) in [6, 6.07) is 14.1. The van der Waals surface area contributed by atoms with Gasteiger partial charge in [-0.2, -0.15) is 0 Å². The van der Waals surface area contributed by atoms with Crippen LogP contribution in [0.5, 0.6) is 11.5 Å². The largest absolute Gasteiger partial charge is 0.493 e. The lowest BCUT2D eigenvalue weighted by atomic mass is 9.99. The fraction of sp³-hybridized carbons (Fsp3) is 0.286. The molecule has 2 aromatic rings. The van der Waals surface area contributed by atoms with Crippen LogP contribution in [0.25, 0.3) is 6.08 Å². The van der Waals surface area contributed by atoms with E-state index < -0.39 is 0 Å². The molecule has 0 atom stereocenters. The van der Waals surface area contributed by atoms with Crippen molar-refractivity contribution in [2.45, 2.75) is 13.0 Å². The van der Waals surface area contributed by atoms with Crippen LogP contribution in [0.1, 0.15) is 17.5 Å². The van der Waals surface area contributed by atoms with Gasteiger partial charge in [0.2, 0.25) is 0 Å². The van der Waals surface area contributed by atoms with E-state index in [1.54, 1.807) is 14.2 Å². The molecule has 4 nitrogen and oxygen atoms in total. The second-order valence-electron chi connectivity index (χ2n) is 6.24. The molecule has 1 heterocycles. The van der Waals surface area contributed by atoms with Crippen molar-refractivity contribution in [2.24, 2.45) is 0 Å². The molecule has 1 aliphatic heterocycles. The smallest absolute Gasteiger partial charge is 0.175 e. The maximum atomic E-state index is 12.4. The molecular weight excluding hydrogens is 394 g/mol. The number of ether oxygens (including phenoxy) is 2. The molecule has 2 aromatic carbocycles. The van der Waals surface area contributed by atoms with E-state index in [4.69, 9.17) is 9.47 Å². The summed E-state index contributed by atoms with van der Waals surface area (Å²) in [5.74, 6) is 1.49. The molecule has 1 fully saturated rings. The first-order valence-electron chi connectivity index (χ1n) is 8.53. The van der Waals surface area contributed by atoms with Crippen molar-refractivity contribution >= 4 is 27.8 Å².